The van der Waals surface area contributed by atoms with Crippen LogP contribution >= 0.6 is 11.6 Å². The Bertz CT molecular complexity index is 1110. The third-order valence-electron chi connectivity index (χ3n) is 6.57. The Hall–Kier alpha value is -3.09. The monoisotopic (exact) mass is 484 g/mol. The van der Waals surface area contributed by atoms with E-state index in [1.807, 2.05) is 6.92 Å². The van der Waals surface area contributed by atoms with Crippen LogP contribution in [-0.4, -0.2) is 59.5 Å². The number of hydrogen-bond donors (Lipinski definition) is 0. The van der Waals surface area contributed by atoms with Crippen LogP contribution in [0.1, 0.15) is 24.8 Å². The third-order valence-corrected chi connectivity index (χ3v) is 6.87. The van der Waals surface area contributed by atoms with Crippen molar-refractivity contribution in [2.45, 2.75) is 38.4 Å². The van der Waals surface area contributed by atoms with Crippen molar-refractivity contribution in [1.29, 1.82) is 0 Å². The van der Waals surface area contributed by atoms with E-state index in [0.29, 0.717) is 60.1 Å². The number of nitrogens with zero attached hydrogens (tertiary/aromatic N) is 4. The first kappa shape index (κ1) is 22.7. The van der Waals surface area contributed by atoms with Crippen LogP contribution in [0.3, 0.4) is 0 Å². The largest absolute Gasteiger partial charge is 0.473 e. The summed E-state index contributed by atoms with van der Waals surface area (Å²) in [6, 6.07) is 4.81. The van der Waals surface area contributed by atoms with Gasteiger partial charge in [-0.25, -0.2) is 19.6 Å². The zero-order valence-electron chi connectivity index (χ0n) is 18.8. The lowest BCUT2D eigenvalue weighted by Crippen LogP contribution is -2.59. The van der Waals surface area contributed by atoms with Gasteiger partial charge in [0.05, 0.1) is 30.4 Å². The second-order valence-corrected chi connectivity index (χ2v) is 9.33. The quantitative estimate of drug-likeness (QED) is 0.563. The summed E-state index contributed by atoms with van der Waals surface area (Å²) < 4.78 is 23.6. The summed E-state index contributed by atoms with van der Waals surface area (Å²) in [7, 11) is 0. The Balaban J connectivity index is 1.29. The number of benzene rings is 1. The number of rotatable bonds is 5. The number of piperidine rings is 1. The van der Waals surface area contributed by atoms with Crippen molar-refractivity contribution in [2.75, 3.05) is 26.3 Å². The number of hydrogen-bond acceptors (Lipinski definition) is 7. The predicted molar refractivity (Wildman–Crippen MR) is 122 cm³/mol. The lowest BCUT2D eigenvalue weighted by molar-refractivity contribution is -0.112. The Morgan fingerprint density at radius 3 is 2.59 bits per heavy atom. The summed E-state index contributed by atoms with van der Waals surface area (Å²) in [5, 5.41) is 0.321. The molecule has 1 aromatic carbocycles. The summed E-state index contributed by atoms with van der Waals surface area (Å²) in [6.45, 7) is 11.0. The highest BCUT2D eigenvalue weighted by Crippen LogP contribution is 2.37. The number of ether oxygens (including phenoxy) is 4. The van der Waals surface area contributed by atoms with E-state index >= 15 is 0 Å². The van der Waals surface area contributed by atoms with Gasteiger partial charge in [-0.3, -0.25) is 0 Å². The molecule has 5 rings (SSSR count). The van der Waals surface area contributed by atoms with Gasteiger partial charge in [-0.05, 0) is 38.3 Å². The molecule has 3 aliphatic rings. The Morgan fingerprint density at radius 2 is 1.94 bits per heavy atom. The number of carbonyl (C=O) groups is 1. The highest BCUT2D eigenvalue weighted by atomic mass is 35.5. The molecule has 0 N–H and O–H groups in total. The SMILES string of the molecule is [C-]#[N+]c1ccc(Oc2ncnc(OC3C4COCC3CN(C(=O)OC3CCC3)C4)c2C)c(Cl)c1. The first-order valence-electron chi connectivity index (χ1n) is 11.4. The van der Waals surface area contributed by atoms with Crippen molar-refractivity contribution in [2.24, 2.45) is 11.8 Å². The smallest absolute Gasteiger partial charge is 0.410 e. The molecule has 2 bridgehead atoms. The number of carbonyl (C=O) groups excluding carboxylic acids is 1. The van der Waals surface area contributed by atoms with Crippen molar-refractivity contribution >= 4 is 23.4 Å². The van der Waals surface area contributed by atoms with Gasteiger partial charge in [0.15, 0.2) is 5.69 Å². The van der Waals surface area contributed by atoms with Gasteiger partial charge in [0.2, 0.25) is 11.8 Å². The molecule has 1 aromatic heterocycles. The van der Waals surface area contributed by atoms with Crippen molar-refractivity contribution in [3.63, 3.8) is 0 Å². The lowest BCUT2D eigenvalue weighted by Gasteiger charge is -2.46. The van der Waals surface area contributed by atoms with Crippen molar-refractivity contribution in [1.82, 2.24) is 14.9 Å². The molecule has 34 heavy (non-hydrogen) atoms. The average molecular weight is 485 g/mol. The first-order valence-corrected chi connectivity index (χ1v) is 11.8. The van der Waals surface area contributed by atoms with Gasteiger partial charge in [-0.2, -0.15) is 0 Å². The summed E-state index contributed by atoms with van der Waals surface area (Å²) in [5.74, 6) is 1.16. The fourth-order valence-electron chi connectivity index (χ4n) is 4.46. The highest BCUT2D eigenvalue weighted by molar-refractivity contribution is 6.32. The molecular formula is C24H25ClN4O5. The molecule has 0 spiro atoms. The van der Waals surface area contributed by atoms with Gasteiger partial charge in [-0.1, -0.05) is 17.7 Å². The topological polar surface area (TPSA) is 87.4 Å². The van der Waals surface area contributed by atoms with Crippen LogP contribution in [0.2, 0.25) is 5.02 Å². The number of amides is 1. The minimum absolute atomic E-state index is 0.00999. The standard InChI is InChI=1S/C24H25ClN4O5/c1-14-22(33-20-7-6-17(26-2)8-19(20)25)27-13-28-23(14)34-21-15-9-29(10-16(21)12-31-11-15)24(30)32-18-4-3-5-18/h6-8,13,15-16,18,21H,3-5,9-12H2,1H3. The highest BCUT2D eigenvalue weighted by Gasteiger charge is 2.44. The maximum atomic E-state index is 12.6. The van der Waals surface area contributed by atoms with Gasteiger partial charge in [0, 0.05) is 24.9 Å². The summed E-state index contributed by atoms with van der Waals surface area (Å²) >= 11 is 6.25. The van der Waals surface area contributed by atoms with Gasteiger partial charge < -0.3 is 23.8 Å². The summed E-state index contributed by atoms with van der Waals surface area (Å²) in [6.07, 6.45) is 4.08. The van der Waals surface area contributed by atoms with Crippen LogP contribution in [0.4, 0.5) is 10.5 Å². The minimum atomic E-state index is -0.241. The first-order chi connectivity index (χ1) is 16.5. The van der Waals surface area contributed by atoms with E-state index < -0.39 is 0 Å². The normalized spacial score (nSPS) is 24.0. The van der Waals surface area contributed by atoms with Crippen LogP contribution < -0.4 is 9.47 Å². The average Bonchev–Trinajstić information content (AvgIpc) is 2.79. The molecule has 0 radical (unpaired) electrons. The fourth-order valence-corrected chi connectivity index (χ4v) is 4.68. The maximum Gasteiger partial charge on any atom is 0.410 e. The maximum absolute atomic E-state index is 12.6. The van der Waals surface area contributed by atoms with E-state index in [0.717, 1.165) is 19.3 Å². The molecule has 1 amide bonds. The summed E-state index contributed by atoms with van der Waals surface area (Å²) in [5.41, 5.74) is 1.07. The number of halogens is 1. The molecule has 2 atom stereocenters. The zero-order chi connectivity index (χ0) is 23.7. The molecule has 178 valence electrons. The van der Waals surface area contributed by atoms with Crippen LogP contribution in [0.5, 0.6) is 17.5 Å². The molecule has 1 aliphatic carbocycles. The summed E-state index contributed by atoms with van der Waals surface area (Å²) in [4.78, 5) is 26.3. The van der Waals surface area contributed by atoms with Gasteiger partial charge in [-0.15, -0.1) is 0 Å². The molecule has 10 heteroatoms. The molecule has 2 saturated heterocycles. The van der Waals surface area contributed by atoms with Gasteiger partial charge >= 0.3 is 6.09 Å². The molecule has 3 heterocycles. The third kappa shape index (κ3) is 4.61. The van der Waals surface area contributed by atoms with E-state index in [1.54, 1.807) is 23.1 Å². The van der Waals surface area contributed by atoms with E-state index in [9.17, 15) is 4.79 Å². The number of fused-ring (bicyclic) bond motifs is 2. The molecule has 3 fully saturated rings. The van der Waals surface area contributed by atoms with E-state index in [4.69, 9.17) is 37.1 Å². The fraction of sp³-hybridized carbons (Fsp3) is 0.500. The molecule has 2 unspecified atom stereocenters. The van der Waals surface area contributed by atoms with E-state index in [2.05, 4.69) is 14.8 Å². The lowest BCUT2D eigenvalue weighted by atomic mass is 9.84. The van der Waals surface area contributed by atoms with Crippen molar-refractivity contribution in [3.05, 3.63) is 46.5 Å². The van der Waals surface area contributed by atoms with E-state index in [1.165, 1.54) is 6.33 Å². The molecule has 9 nitrogen and oxygen atoms in total. The molecule has 1 saturated carbocycles. The molecule has 2 aromatic rings. The Kier molecular flexibility index (Phi) is 6.44. The number of likely N-dealkylation sites (tertiary alicyclic amines) is 1. The van der Waals surface area contributed by atoms with Crippen LogP contribution in [0.25, 0.3) is 4.85 Å². The van der Waals surface area contributed by atoms with Crippen LogP contribution in [-0.2, 0) is 9.47 Å². The van der Waals surface area contributed by atoms with Crippen LogP contribution in [0, 0.1) is 25.3 Å². The Morgan fingerprint density at radius 1 is 1.21 bits per heavy atom. The zero-order valence-corrected chi connectivity index (χ0v) is 19.5. The van der Waals surface area contributed by atoms with Crippen LogP contribution in [0.15, 0.2) is 24.5 Å². The molecular weight excluding hydrogens is 460 g/mol. The van der Waals surface area contributed by atoms with Gasteiger partial charge in [0.25, 0.3) is 0 Å². The van der Waals surface area contributed by atoms with Gasteiger partial charge in [0.1, 0.15) is 24.3 Å². The Labute approximate surface area is 202 Å². The minimum Gasteiger partial charge on any atom is -0.473 e. The van der Waals surface area contributed by atoms with Crippen molar-refractivity contribution in [3.8, 4) is 17.5 Å². The number of aromatic nitrogens is 2. The second kappa shape index (κ2) is 9.65. The van der Waals surface area contributed by atoms with E-state index in [-0.39, 0.29) is 30.1 Å². The predicted octanol–water partition coefficient (Wildman–Crippen LogP) is 4.80. The second-order valence-electron chi connectivity index (χ2n) is 8.92. The van der Waals surface area contributed by atoms with Crippen molar-refractivity contribution < 1.29 is 23.7 Å². The molecule has 2 aliphatic heterocycles.